The fourth-order valence-electron chi connectivity index (χ4n) is 3.15. The Morgan fingerprint density at radius 2 is 2.04 bits per heavy atom. The summed E-state index contributed by atoms with van der Waals surface area (Å²) >= 11 is 6.04. The number of carbonyl (C=O) groups is 1. The SMILES string of the molecule is COC(=O)c1ccc(S(=O)(=O)NC2CCCc3cc(N)ccc32)cc1Cl. The number of rotatable bonds is 4. The van der Waals surface area contributed by atoms with E-state index in [1.165, 1.54) is 25.3 Å². The number of hydrogen-bond acceptors (Lipinski definition) is 5. The number of carbonyl (C=O) groups excluding carboxylic acids is 1. The molecule has 26 heavy (non-hydrogen) atoms. The number of sulfonamides is 1. The van der Waals surface area contributed by atoms with Crippen LogP contribution < -0.4 is 10.5 Å². The first kappa shape index (κ1) is 18.7. The van der Waals surface area contributed by atoms with Gasteiger partial charge in [-0.2, -0.15) is 0 Å². The van der Waals surface area contributed by atoms with Gasteiger partial charge in [0.2, 0.25) is 10.0 Å². The highest BCUT2D eigenvalue weighted by Crippen LogP contribution is 2.32. The molecule has 0 aromatic heterocycles. The van der Waals surface area contributed by atoms with Crippen molar-refractivity contribution in [2.75, 3.05) is 12.8 Å². The van der Waals surface area contributed by atoms with Gasteiger partial charge in [0, 0.05) is 11.7 Å². The molecule has 0 bridgehead atoms. The van der Waals surface area contributed by atoms with Crippen LogP contribution in [-0.4, -0.2) is 21.5 Å². The zero-order valence-electron chi connectivity index (χ0n) is 14.2. The molecule has 0 saturated heterocycles. The Hall–Kier alpha value is -2.09. The number of hydrogen-bond donors (Lipinski definition) is 2. The molecule has 1 unspecified atom stereocenters. The Morgan fingerprint density at radius 1 is 1.27 bits per heavy atom. The number of methoxy groups -OCH3 is 1. The number of esters is 1. The van der Waals surface area contributed by atoms with Gasteiger partial charge in [0.05, 0.1) is 22.6 Å². The van der Waals surface area contributed by atoms with Crippen LogP contribution in [0.15, 0.2) is 41.3 Å². The summed E-state index contributed by atoms with van der Waals surface area (Å²) in [6.07, 6.45) is 2.44. The second-order valence-corrected chi connectivity index (χ2v) is 8.28. The second kappa shape index (κ2) is 7.26. The smallest absolute Gasteiger partial charge is 0.339 e. The van der Waals surface area contributed by atoms with Gasteiger partial charge in [-0.15, -0.1) is 0 Å². The van der Waals surface area contributed by atoms with Crippen molar-refractivity contribution in [3.05, 3.63) is 58.1 Å². The first-order chi connectivity index (χ1) is 12.3. The maximum absolute atomic E-state index is 12.8. The summed E-state index contributed by atoms with van der Waals surface area (Å²) in [4.78, 5) is 11.6. The minimum atomic E-state index is -3.80. The Labute approximate surface area is 157 Å². The minimum Gasteiger partial charge on any atom is -0.465 e. The average molecular weight is 395 g/mol. The molecule has 2 aromatic rings. The van der Waals surface area contributed by atoms with Gasteiger partial charge in [-0.1, -0.05) is 17.7 Å². The third kappa shape index (κ3) is 3.70. The number of nitrogen functional groups attached to an aromatic ring is 1. The predicted molar refractivity (Wildman–Crippen MR) is 99.6 cm³/mol. The quantitative estimate of drug-likeness (QED) is 0.613. The van der Waals surface area contributed by atoms with Crippen molar-refractivity contribution in [1.29, 1.82) is 0 Å². The van der Waals surface area contributed by atoms with Crippen molar-refractivity contribution in [1.82, 2.24) is 4.72 Å². The largest absolute Gasteiger partial charge is 0.465 e. The van der Waals surface area contributed by atoms with Crippen LogP contribution in [0.1, 0.15) is 40.4 Å². The Kier molecular flexibility index (Phi) is 5.22. The summed E-state index contributed by atoms with van der Waals surface area (Å²) in [5.41, 5.74) is 8.60. The van der Waals surface area contributed by atoms with Crippen LogP contribution >= 0.6 is 11.6 Å². The zero-order valence-corrected chi connectivity index (χ0v) is 15.7. The van der Waals surface area contributed by atoms with E-state index in [9.17, 15) is 13.2 Å². The fraction of sp³-hybridized carbons (Fsp3) is 0.278. The molecule has 0 radical (unpaired) electrons. The molecule has 1 aliphatic rings. The van der Waals surface area contributed by atoms with Crippen LogP contribution in [0, 0.1) is 0 Å². The number of nitrogens with two attached hydrogens (primary N) is 1. The van der Waals surface area contributed by atoms with Gasteiger partial charge in [-0.25, -0.2) is 17.9 Å². The summed E-state index contributed by atoms with van der Waals surface area (Å²) in [6, 6.07) is 9.13. The molecular formula is C18H19ClN2O4S. The molecule has 0 spiro atoms. The number of benzene rings is 2. The first-order valence-electron chi connectivity index (χ1n) is 8.10. The summed E-state index contributed by atoms with van der Waals surface area (Å²) in [6.45, 7) is 0. The van der Waals surface area contributed by atoms with Gasteiger partial charge in [0.1, 0.15) is 0 Å². The van der Waals surface area contributed by atoms with Gasteiger partial charge in [-0.05, 0) is 60.7 Å². The zero-order chi connectivity index (χ0) is 18.9. The second-order valence-electron chi connectivity index (χ2n) is 6.16. The molecule has 0 aliphatic heterocycles. The number of ether oxygens (including phenoxy) is 1. The van der Waals surface area contributed by atoms with E-state index in [1.54, 1.807) is 6.07 Å². The van der Waals surface area contributed by atoms with Gasteiger partial charge < -0.3 is 10.5 Å². The molecule has 3 N–H and O–H groups in total. The van der Waals surface area contributed by atoms with Crippen LogP contribution in [-0.2, 0) is 21.2 Å². The van der Waals surface area contributed by atoms with Gasteiger partial charge in [-0.3, -0.25) is 0 Å². The van der Waals surface area contributed by atoms with E-state index in [-0.39, 0.29) is 21.5 Å². The lowest BCUT2D eigenvalue weighted by atomic mass is 9.88. The van der Waals surface area contributed by atoms with Crippen LogP contribution in [0.3, 0.4) is 0 Å². The summed E-state index contributed by atoms with van der Waals surface area (Å²) < 4.78 is 32.9. The highest BCUT2D eigenvalue weighted by Gasteiger charge is 2.26. The van der Waals surface area contributed by atoms with E-state index in [1.807, 2.05) is 12.1 Å². The van der Waals surface area contributed by atoms with Crippen LogP contribution in [0.4, 0.5) is 5.69 Å². The van der Waals surface area contributed by atoms with Crippen LogP contribution in [0.2, 0.25) is 5.02 Å². The molecule has 0 fully saturated rings. The molecule has 8 heteroatoms. The van der Waals surface area contributed by atoms with Crippen LogP contribution in [0.5, 0.6) is 0 Å². The molecule has 1 aliphatic carbocycles. The van der Waals surface area contributed by atoms with Crippen LogP contribution in [0.25, 0.3) is 0 Å². The lowest BCUT2D eigenvalue weighted by molar-refractivity contribution is 0.0601. The molecular weight excluding hydrogens is 376 g/mol. The van der Waals surface area contributed by atoms with Crippen molar-refractivity contribution in [3.63, 3.8) is 0 Å². The van der Waals surface area contributed by atoms with E-state index >= 15 is 0 Å². The number of anilines is 1. The maximum atomic E-state index is 12.8. The third-order valence-electron chi connectivity index (χ3n) is 4.43. The summed E-state index contributed by atoms with van der Waals surface area (Å²) in [7, 11) is -2.57. The van der Waals surface area contributed by atoms with E-state index in [0.717, 1.165) is 24.0 Å². The molecule has 0 saturated carbocycles. The van der Waals surface area contributed by atoms with Crippen molar-refractivity contribution >= 4 is 33.3 Å². The molecule has 0 heterocycles. The van der Waals surface area contributed by atoms with E-state index in [0.29, 0.717) is 12.1 Å². The Balaban J connectivity index is 1.89. The number of nitrogens with one attached hydrogen (secondary N) is 1. The molecule has 6 nitrogen and oxygen atoms in total. The first-order valence-corrected chi connectivity index (χ1v) is 9.96. The minimum absolute atomic E-state index is 0.00211. The molecule has 1 atom stereocenters. The standard InChI is InChI=1S/C18H19ClN2O4S/c1-25-18(22)15-8-6-13(10-16(15)19)26(23,24)21-17-4-2-3-11-9-12(20)5-7-14(11)17/h5-10,17,21H,2-4,20H2,1H3. The maximum Gasteiger partial charge on any atom is 0.339 e. The normalized spacial score (nSPS) is 16.8. The van der Waals surface area contributed by atoms with Gasteiger partial charge in [0.25, 0.3) is 0 Å². The molecule has 3 rings (SSSR count). The van der Waals surface area contributed by atoms with Gasteiger partial charge in [0.15, 0.2) is 0 Å². The molecule has 0 amide bonds. The Morgan fingerprint density at radius 3 is 2.73 bits per heavy atom. The lowest BCUT2D eigenvalue weighted by Gasteiger charge is -2.26. The van der Waals surface area contributed by atoms with Crippen molar-refractivity contribution < 1.29 is 17.9 Å². The van der Waals surface area contributed by atoms with E-state index < -0.39 is 16.0 Å². The van der Waals surface area contributed by atoms with Crippen molar-refractivity contribution in [3.8, 4) is 0 Å². The van der Waals surface area contributed by atoms with E-state index in [2.05, 4.69) is 9.46 Å². The van der Waals surface area contributed by atoms with E-state index in [4.69, 9.17) is 17.3 Å². The lowest BCUT2D eigenvalue weighted by Crippen LogP contribution is -2.31. The number of aryl methyl sites for hydroxylation is 1. The Bertz CT molecular complexity index is 960. The van der Waals surface area contributed by atoms with Crippen molar-refractivity contribution in [2.24, 2.45) is 0 Å². The predicted octanol–water partition coefficient (Wildman–Crippen LogP) is 3.06. The van der Waals surface area contributed by atoms with Gasteiger partial charge >= 0.3 is 5.97 Å². The molecule has 2 aromatic carbocycles. The van der Waals surface area contributed by atoms with Crippen molar-refractivity contribution in [2.45, 2.75) is 30.2 Å². The highest BCUT2D eigenvalue weighted by atomic mass is 35.5. The monoisotopic (exact) mass is 394 g/mol. The highest BCUT2D eigenvalue weighted by molar-refractivity contribution is 7.89. The average Bonchev–Trinajstić information content (AvgIpc) is 2.60. The number of fused-ring (bicyclic) bond motifs is 1. The number of halogens is 1. The fourth-order valence-corrected chi connectivity index (χ4v) is 4.75. The summed E-state index contributed by atoms with van der Waals surface area (Å²) in [5, 5.41) is 0.0246. The topological polar surface area (TPSA) is 98.5 Å². The molecule has 138 valence electrons. The third-order valence-corrected chi connectivity index (χ3v) is 6.22. The summed E-state index contributed by atoms with van der Waals surface area (Å²) in [5.74, 6) is -0.620.